The van der Waals surface area contributed by atoms with Crippen molar-refractivity contribution in [1.29, 1.82) is 0 Å². The van der Waals surface area contributed by atoms with Gasteiger partial charge in [0.05, 0.1) is 0 Å². The van der Waals surface area contributed by atoms with Crippen molar-refractivity contribution in [2.45, 2.75) is 38.6 Å². The van der Waals surface area contributed by atoms with Crippen LogP contribution in [0.3, 0.4) is 0 Å². The maximum absolute atomic E-state index is 6.14. The van der Waals surface area contributed by atoms with Crippen LogP contribution in [-0.4, -0.2) is 18.6 Å². The van der Waals surface area contributed by atoms with Crippen LogP contribution >= 0.6 is 0 Å². The van der Waals surface area contributed by atoms with Crippen molar-refractivity contribution < 1.29 is 0 Å². The maximum Gasteiger partial charge on any atom is 0.0367 e. The van der Waals surface area contributed by atoms with E-state index in [2.05, 4.69) is 49.9 Å². The quantitative estimate of drug-likeness (QED) is 0.827. The predicted molar refractivity (Wildman–Crippen MR) is 70.0 cm³/mol. The number of nitrogens with two attached hydrogens (primary N) is 1. The minimum atomic E-state index is -0.0171. The molecule has 2 nitrogen and oxygen atoms in total. The van der Waals surface area contributed by atoms with Gasteiger partial charge in [-0.3, -0.25) is 0 Å². The third-order valence-corrected chi connectivity index (χ3v) is 3.43. The summed E-state index contributed by atoms with van der Waals surface area (Å²) in [5.74, 6) is 0.604. The van der Waals surface area contributed by atoms with Crippen LogP contribution in [-0.2, 0) is 0 Å². The van der Waals surface area contributed by atoms with E-state index in [1.165, 1.54) is 11.3 Å². The zero-order valence-corrected chi connectivity index (χ0v) is 10.5. The summed E-state index contributed by atoms with van der Waals surface area (Å²) in [5, 5.41) is 0. The summed E-state index contributed by atoms with van der Waals surface area (Å²) in [6.07, 6.45) is 1.08. The first-order valence-electron chi connectivity index (χ1n) is 6.12. The van der Waals surface area contributed by atoms with E-state index in [0.717, 1.165) is 19.5 Å². The van der Waals surface area contributed by atoms with Crippen LogP contribution in [0.15, 0.2) is 24.3 Å². The summed E-state index contributed by atoms with van der Waals surface area (Å²) < 4.78 is 0. The van der Waals surface area contributed by atoms with Crippen LogP contribution in [0.5, 0.6) is 0 Å². The highest BCUT2D eigenvalue weighted by Crippen LogP contribution is 2.26. The maximum atomic E-state index is 6.14. The van der Waals surface area contributed by atoms with E-state index in [4.69, 9.17) is 5.73 Å². The van der Waals surface area contributed by atoms with E-state index in [9.17, 15) is 0 Å². The number of hydrogen-bond acceptors (Lipinski definition) is 2. The van der Waals surface area contributed by atoms with Crippen LogP contribution < -0.4 is 10.6 Å². The molecule has 16 heavy (non-hydrogen) atoms. The molecular weight excluding hydrogens is 196 g/mol. The average Bonchev–Trinajstić information content (AvgIpc) is 2.59. The van der Waals surface area contributed by atoms with Gasteiger partial charge in [-0.25, -0.2) is 0 Å². The van der Waals surface area contributed by atoms with Gasteiger partial charge in [0.1, 0.15) is 0 Å². The van der Waals surface area contributed by atoms with E-state index >= 15 is 0 Å². The number of benzene rings is 1. The highest BCUT2D eigenvalue weighted by molar-refractivity contribution is 5.49. The van der Waals surface area contributed by atoms with Crippen molar-refractivity contribution in [2.24, 2.45) is 5.73 Å². The lowest BCUT2D eigenvalue weighted by Crippen LogP contribution is -2.39. The van der Waals surface area contributed by atoms with Crippen LogP contribution in [0.25, 0.3) is 0 Å². The summed E-state index contributed by atoms with van der Waals surface area (Å²) >= 11 is 0. The Morgan fingerprint density at radius 1 is 1.25 bits per heavy atom. The Morgan fingerprint density at radius 3 is 2.31 bits per heavy atom. The molecule has 1 heterocycles. The molecule has 88 valence electrons. The number of nitrogens with zero attached hydrogens (tertiary/aromatic N) is 1. The lowest BCUT2D eigenvalue weighted by atomic mass is 10.0. The van der Waals surface area contributed by atoms with Crippen molar-refractivity contribution in [2.75, 3.05) is 18.0 Å². The monoisotopic (exact) mass is 218 g/mol. The van der Waals surface area contributed by atoms with Gasteiger partial charge >= 0.3 is 0 Å². The molecule has 1 atom stereocenters. The first kappa shape index (κ1) is 11.5. The van der Waals surface area contributed by atoms with E-state index in [0.29, 0.717) is 5.92 Å². The van der Waals surface area contributed by atoms with Crippen molar-refractivity contribution in [1.82, 2.24) is 0 Å². The van der Waals surface area contributed by atoms with Crippen LogP contribution in [0.4, 0.5) is 5.69 Å². The molecule has 1 saturated heterocycles. The van der Waals surface area contributed by atoms with Crippen molar-refractivity contribution in [3.05, 3.63) is 29.8 Å². The Morgan fingerprint density at radius 2 is 1.88 bits per heavy atom. The zero-order valence-electron chi connectivity index (χ0n) is 10.5. The molecule has 2 N–H and O–H groups in total. The normalized spacial score (nSPS) is 25.4. The molecule has 0 radical (unpaired) electrons. The van der Waals surface area contributed by atoms with Crippen molar-refractivity contribution in [3.8, 4) is 0 Å². The number of rotatable bonds is 2. The Kier molecular flexibility index (Phi) is 2.94. The molecule has 1 aromatic carbocycles. The van der Waals surface area contributed by atoms with Gasteiger partial charge in [-0.1, -0.05) is 26.0 Å². The van der Waals surface area contributed by atoms with Gasteiger partial charge in [0, 0.05) is 24.3 Å². The van der Waals surface area contributed by atoms with Crippen LogP contribution in [0.2, 0.25) is 0 Å². The van der Waals surface area contributed by atoms with Gasteiger partial charge in [0.2, 0.25) is 0 Å². The molecular formula is C14H22N2. The standard InChI is InChI=1S/C14H22N2/c1-11(2)12-4-6-13(7-5-12)16-9-8-14(3,15)10-16/h4-7,11H,8-10,15H2,1-3H3. The lowest BCUT2D eigenvalue weighted by Gasteiger charge is -2.22. The smallest absolute Gasteiger partial charge is 0.0367 e. The second-order valence-corrected chi connectivity index (χ2v) is 5.57. The summed E-state index contributed by atoms with van der Waals surface area (Å²) in [7, 11) is 0. The third-order valence-electron chi connectivity index (χ3n) is 3.43. The van der Waals surface area contributed by atoms with Gasteiger partial charge in [0.15, 0.2) is 0 Å². The molecule has 1 fully saturated rings. The molecule has 1 unspecified atom stereocenters. The molecule has 1 aromatic rings. The minimum Gasteiger partial charge on any atom is -0.370 e. The summed E-state index contributed by atoms with van der Waals surface area (Å²) in [6, 6.07) is 8.89. The molecule has 1 aliphatic rings. The Labute approximate surface area is 98.4 Å². The lowest BCUT2D eigenvalue weighted by molar-refractivity contribution is 0.525. The van der Waals surface area contributed by atoms with Crippen LogP contribution in [0.1, 0.15) is 38.7 Å². The number of hydrogen-bond donors (Lipinski definition) is 1. The minimum absolute atomic E-state index is 0.0171. The fraction of sp³-hybridized carbons (Fsp3) is 0.571. The molecule has 0 saturated carbocycles. The molecule has 2 rings (SSSR count). The van der Waals surface area contributed by atoms with E-state index in [1.54, 1.807) is 0 Å². The van der Waals surface area contributed by atoms with E-state index in [-0.39, 0.29) is 5.54 Å². The fourth-order valence-electron chi connectivity index (χ4n) is 2.27. The summed E-state index contributed by atoms with van der Waals surface area (Å²) in [6.45, 7) is 8.63. The summed E-state index contributed by atoms with van der Waals surface area (Å²) in [4.78, 5) is 2.38. The molecule has 0 aliphatic carbocycles. The van der Waals surface area contributed by atoms with Gasteiger partial charge in [-0.15, -0.1) is 0 Å². The second kappa shape index (κ2) is 4.10. The Balaban J connectivity index is 2.11. The topological polar surface area (TPSA) is 29.3 Å². The van der Waals surface area contributed by atoms with E-state index < -0.39 is 0 Å². The summed E-state index contributed by atoms with van der Waals surface area (Å²) in [5.41, 5.74) is 8.83. The van der Waals surface area contributed by atoms with Crippen molar-refractivity contribution in [3.63, 3.8) is 0 Å². The first-order chi connectivity index (χ1) is 7.48. The van der Waals surface area contributed by atoms with Gasteiger partial charge in [-0.2, -0.15) is 0 Å². The molecule has 1 aliphatic heterocycles. The van der Waals surface area contributed by atoms with Gasteiger partial charge in [0.25, 0.3) is 0 Å². The first-order valence-corrected chi connectivity index (χ1v) is 6.12. The van der Waals surface area contributed by atoms with Gasteiger partial charge in [-0.05, 0) is 37.0 Å². The zero-order chi connectivity index (χ0) is 11.8. The highest BCUT2D eigenvalue weighted by Gasteiger charge is 2.29. The SMILES string of the molecule is CC(C)c1ccc(N2CCC(C)(N)C2)cc1. The Bertz CT molecular complexity index is 352. The number of anilines is 1. The predicted octanol–water partition coefficient (Wildman–Crippen LogP) is 2.74. The largest absolute Gasteiger partial charge is 0.370 e. The second-order valence-electron chi connectivity index (χ2n) is 5.57. The molecule has 0 spiro atoms. The van der Waals surface area contributed by atoms with Crippen LogP contribution in [0, 0.1) is 0 Å². The molecule has 0 bridgehead atoms. The average molecular weight is 218 g/mol. The Hall–Kier alpha value is -1.02. The fourth-order valence-corrected chi connectivity index (χ4v) is 2.27. The van der Waals surface area contributed by atoms with Gasteiger partial charge < -0.3 is 10.6 Å². The third kappa shape index (κ3) is 2.38. The molecule has 2 heteroatoms. The molecule has 0 amide bonds. The molecule has 0 aromatic heterocycles. The van der Waals surface area contributed by atoms with E-state index in [1.807, 2.05) is 0 Å². The van der Waals surface area contributed by atoms with Crippen molar-refractivity contribution >= 4 is 5.69 Å². The highest BCUT2D eigenvalue weighted by atomic mass is 15.2.